The van der Waals surface area contributed by atoms with E-state index in [1.807, 2.05) is 37.2 Å². The van der Waals surface area contributed by atoms with Crippen LogP contribution in [0.3, 0.4) is 0 Å². The molecule has 0 unspecified atom stereocenters. The van der Waals surface area contributed by atoms with Gasteiger partial charge in [-0.3, -0.25) is 4.79 Å². The first kappa shape index (κ1) is 20.2. The first-order chi connectivity index (χ1) is 12.8. The third kappa shape index (κ3) is 4.34. The smallest absolute Gasteiger partial charge is 0.203 e. The van der Waals surface area contributed by atoms with E-state index in [0.717, 1.165) is 11.3 Å². The van der Waals surface area contributed by atoms with E-state index in [0.29, 0.717) is 34.1 Å². The molecule has 0 spiro atoms. The predicted molar refractivity (Wildman–Crippen MR) is 109 cm³/mol. The van der Waals surface area contributed by atoms with Crippen molar-refractivity contribution in [2.45, 2.75) is 6.92 Å². The molecule has 0 atom stereocenters. The molecular formula is C21H26N2O4. The molecule has 0 fully saturated rings. The predicted octanol–water partition coefficient (Wildman–Crippen LogP) is 3.65. The zero-order valence-corrected chi connectivity index (χ0v) is 16.6. The highest BCUT2D eigenvalue weighted by molar-refractivity contribution is 6.11. The van der Waals surface area contributed by atoms with Crippen LogP contribution in [0.1, 0.15) is 22.8 Å². The molecule has 0 heterocycles. The molecular weight excluding hydrogens is 344 g/mol. The van der Waals surface area contributed by atoms with Crippen LogP contribution in [0.15, 0.2) is 35.9 Å². The molecule has 2 aromatic rings. The Kier molecular flexibility index (Phi) is 6.34. The molecule has 0 radical (unpaired) electrons. The van der Waals surface area contributed by atoms with Crippen molar-refractivity contribution >= 4 is 23.2 Å². The van der Waals surface area contributed by atoms with Gasteiger partial charge in [0.2, 0.25) is 5.75 Å². The van der Waals surface area contributed by atoms with E-state index >= 15 is 0 Å². The second-order valence-electron chi connectivity index (χ2n) is 6.28. The van der Waals surface area contributed by atoms with Crippen molar-refractivity contribution in [3.8, 4) is 17.2 Å². The molecule has 0 aliphatic carbocycles. The number of Topliss-reactive ketones (excluding diaryl/α,β-unsaturated/α-hetero) is 1. The van der Waals surface area contributed by atoms with Crippen molar-refractivity contribution in [3.05, 3.63) is 47.0 Å². The summed E-state index contributed by atoms with van der Waals surface area (Å²) in [5.41, 5.74) is 9.56. The van der Waals surface area contributed by atoms with Crippen molar-refractivity contribution in [3.63, 3.8) is 0 Å². The largest absolute Gasteiger partial charge is 0.493 e. The molecule has 0 amide bonds. The van der Waals surface area contributed by atoms with E-state index in [1.165, 1.54) is 21.3 Å². The van der Waals surface area contributed by atoms with Gasteiger partial charge in [-0.1, -0.05) is 6.07 Å². The van der Waals surface area contributed by atoms with Crippen LogP contribution in [0.5, 0.6) is 17.2 Å². The second kappa shape index (κ2) is 8.49. The van der Waals surface area contributed by atoms with Gasteiger partial charge in [0.25, 0.3) is 0 Å². The quantitative estimate of drug-likeness (QED) is 0.456. The molecule has 2 rings (SSSR count). The zero-order chi connectivity index (χ0) is 20.1. The lowest BCUT2D eigenvalue weighted by Gasteiger charge is -2.15. The summed E-state index contributed by atoms with van der Waals surface area (Å²) in [4.78, 5) is 14.8. The summed E-state index contributed by atoms with van der Waals surface area (Å²) in [6.45, 7) is 1.77. The third-order valence-corrected chi connectivity index (χ3v) is 4.20. The van der Waals surface area contributed by atoms with Crippen LogP contribution >= 0.6 is 0 Å². The molecule has 2 N–H and O–H groups in total. The lowest BCUT2D eigenvalue weighted by molar-refractivity contribution is 0.103. The van der Waals surface area contributed by atoms with E-state index in [2.05, 4.69) is 0 Å². The summed E-state index contributed by atoms with van der Waals surface area (Å²) in [6.07, 6.45) is 1.81. The number of anilines is 2. The minimum Gasteiger partial charge on any atom is -0.493 e. The number of benzene rings is 2. The first-order valence-electron chi connectivity index (χ1n) is 8.42. The molecule has 0 saturated carbocycles. The number of ether oxygens (including phenoxy) is 3. The minimum atomic E-state index is -0.135. The number of hydrogen-bond acceptors (Lipinski definition) is 6. The van der Waals surface area contributed by atoms with Crippen molar-refractivity contribution in [1.82, 2.24) is 0 Å². The van der Waals surface area contributed by atoms with Crippen LogP contribution in [-0.4, -0.2) is 41.2 Å². The number of allylic oxidation sites excluding steroid dienone is 1. The molecule has 0 saturated heterocycles. The van der Waals surface area contributed by atoms with E-state index in [4.69, 9.17) is 19.9 Å². The van der Waals surface area contributed by atoms with Crippen molar-refractivity contribution in [2.24, 2.45) is 0 Å². The Labute approximate surface area is 160 Å². The van der Waals surface area contributed by atoms with Gasteiger partial charge in [-0.2, -0.15) is 0 Å². The minimum absolute atomic E-state index is 0.135. The Bertz CT molecular complexity index is 847. The monoisotopic (exact) mass is 370 g/mol. The van der Waals surface area contributed by atoms with Crippen LogP contribution < -0.4 is 24.8 Å². The maximum atomic E-state index is 12.9. The Hall–Kier alpha value is -3.15. The van der Waals surface area contributed by atoms with Gasteiger partial charge in [-0.05, 0) is 48.4 Å². The summed E-state index contributed by atoms with van der Waals surface area (Å²) < 4.78 is 15.9. The molecule has 6 nitrogen and oxygen atoms in total. The molecule has 0 aliphatic rings. The number of carbonyl (C=O) groups is 1. The van der Waals surface area contributed by atoms with Gasteiger partial charge < -0.3 is 24.8 Å². The standard InChI is InChI=1S/C21H26N2O4/c1-13(9-14-7-8-17(23(2)3)16(22)10-14)20(24)15-11-18(25-4)21(27-6)19(12-15)26-5/h7-12H,22H2,1-6H3. The van der Waals surface area contributed by atoms with Crippen LogP contribution in [0, 0.1) is 0 Å². The van der Waals surface area contributed by atoms with E-state index < -0.39 is 0 Å². The number of methoxy groups -OCH3 is 3. The van der Waals surface area contributed by atoms with Crippen LogP contribution in [0.25, 0.3) is 6.08 Å². The lowest BCUT2D eigenvalue weighted by atomic mass is 10.0. The fourth-order valence-corrected chi connectivity index (χ4v) is 2.83. The number of nitrogen functional groups attached to an aromatic ring is 1. The van der Waals surface area contributed by atoms with Gasteiger partial charge in [0.1, 0.15) is 0 Å². The normalized spacial score (nSPS) is 11.1. The Balaban J connectivity index is 2.39. The fraction of sp³-hybridized carbons (Fsp3) is 0.286. The summed E-state index contributed by atoms with van der Waals surface area (Å²) >= 11 is 0. The maximum Gasteiger partial charge on any atom is 0.203 e. The van der Waals surface area contributed by atoms with Gasteiger partial charge in [-0.15, -0.1) is 0 Å². The number of nitrogens with two attached hydrogens (primary N) is 1. The highest BCUT2D eigenvalue weighted by Crippen LogP contribution is 2.38. The summed E-state index contributed by atoms with van der Waals surface area (Å²) in [5, 5.41) is 0. The SMILES string of the molecule is COc1cc(C(=O)C(C)=Cc2ccc(N(C)C)c(N)c2)cc(OC)c1OC. The third-order valence-electron chi connectivity index (χ3n) is 4.20. The van der Waals surface area contributed by atoms with Gasteiger partial charge in [-0.25, -0.2) is 0 Å². The Morgan fingerprint density at radius 1 is 1.00 bits per heavy atom. The fourth-order valence-electron chi connectivity index (χ4n) is 2.83. The van der Waals surface area contributed by atoms with Crippen LogP contribution in [0.4, 0.5) is 11.4 Å². The zero-order valence-electron chi connectivity index (χ0n) is 16.6. The summed E-state index contributed by atoms with van der Waals surface area (Å²) in [7, 11) is 8.42. The van der Waals surface area contributed by atoms with Crippen molar-refractivity contribution < 1.29 is 19.0 Å². The number of carbonyl (C=O) groups excluding carboxylic acids is 1. The topological polar surface area (TPSA) is 74.0 Å². The van der Waals surface area contributed by atoms with E-state index in [1.54, 1.807) is 25.1 Å². The number of nitrogens with zero attached hydrogens (tertiary/aromatic N) is 1. The van der Waals surface area contributed by atoms with E-state index in [-0.39, 0.29) is 5.78 Å². The second-order valence-corrected chi connectivity index (χ2v) is 6.28. The van der Waals surface area contributed by atoms with Crippen molar-refractivity contribution in [2.75, 3.05) is 46.1 Å². The Morgan fingerprint density at radius 2 is 1.59 bits per heavy atom. The molecule has 27 heavy (non-hydrogen) atoms. The molecule has 0 bridgehead atoms. The molecule has 0 aromatic heterocycles. The van der Waals surface area contributed by atoms with Crippen LogP contribution in [0.2, 0.25) is 0 Å². The first-order valence-corrected chi connectivity index (χ1v) is 8.42. The average Bonchev–Trinajstić information content (AvgIpc) is 2.65. The van der Waals surface area contributed by atoms with Gasteiger partial charge in [0.05, 0.1) is 32.7 Å². The number of hydrogen-bond donors (Lipinski definition) is 1. The van der Waals surface area contributed by atoms with E-state index in [9.17, 15) is 4.79 Å². The molecule has 6 heteroatoms. The number of ketones is 1. The molecule has 2 aromatic carbocycles. The van der Waals surface area contributed by atoms with Crippen LogP contribution in [-0.2, 0) is 0 Å². The number of rotatable bonds is 7. The lowest BCUT2D eigenvalue weighted by Crippen LogP contribution is -2.11. The maximum absolute atomic E-state index is 12.9. The average molecular weight is 370 g/mol. The summed E-state index contributed by atoms with van der Waals surface area (Å²) in [5.74, 6) is 1.19. The van der Waals surface area contributed by atoms with Gasteiger partial charge in [0.15, 0.2) is 17.3 Å². The van der Waals surface area contributed by atoms with Gasteiger partial charge in [0, 0.05) is 19.7 Å². The molecule has 0 aliphatic heterocycles. The Morgan fingerprint density at radius 3 is 2.04 bits per heavy atom. The van der Waals surface area contributed by atoms with Gasteiger partial charge >= 0.3 is 0 Å². The highest BCUT2D eigenvalue weighted by atomic mass is 16.5. The summed E-state index contributed by atoms with van der Waals surface area (Å²) in [6, 6.07) is 8.99. The molecule has 144 valence electrons. The van der Waals surface area contributed by atoms with Crippen molar-refractivity contribution in [1.29, 1.82) is 0 Å². The highest BCUT2D eigenvalue weighted by Gasteiger charge is 2.18.